The maximum Gasteiger partial charge on any atom is 0.217 e. The molecule has 1 aromatic heterocycles. The minimum absolute atomic E-state index is 0.249. The van der Waals surface area contributed by atoms with E-state index in [-0.39, 0.29) is 17.7 Å². The highest BCUT2D eigenvalue weighted by molar-refractivity contribution is 5.45. The molecule has 0 aliphatic heterocycles. The summed E-state index contributed by atoms with van der Waals surface area (Å²) in [5.74, 6) is -0.0989. The first-order chi connectivity index (χ1) is 8.13. The highest BCUT2D eigenvalue weighted by atomic mass is 19.1. The van der Waals surface area contributed by atoms with Gasteiger partial charge in [-0.2, -0.15) is 5.26 Å². The van der Waals surface area contributed by atoms with Crippen LogP contribution in [0.4, 0.5) is 4.39 Å². The van der Waals surface area contributed by atoms with Gasteiger partial charge in [0.15, 0.2) is 0 Å². The summed E-state index contributed by atoms with van der Waals surface area (Å²) < 4.78 is 14.8. The Kier molecular flexibility index (Phi) is 2.90. The number of nitriles is 1. The van der Waals surface area contributed by atoms with Gasteiger partial charge in [-0.25, -0.2) is 9.37 Å². The maximum absolute atomic E-state index is 13.2. The summed E-state index contributed by atoms with van der Waals surface area (Å²) in [6.07, 6.45) is 3.17. The lowest BCUT2D eigenvalue weighted by molar-refractivity contribution is 0.621. The van der Waals surface area contributed by atoms with Crippen LogP contribution in [-0.4, -0.2) is 9.55 Å². The highest BCUT2D eigenvalue weighted by Crippen LogP contribution is 2.22. The summed E-state index contributed by atoms with van der Waals surface area (Å²) in [5, 5.41) is 8.91. The Morgan fingerprint density at radius 2 is 2.29 bits per heavy atom. The van der Waals surface area contributed by atoms with Gasteiger partial charge < -0.3 is 5.73 Å². The van der Waals surface area contributed by atoms with Crippen molar-refractivity contribution in [1.29, 1.82) is 5.26 Å². The van der Waals surface area contributed by atoms with E-state index in [1.54, 1.807) is 23.8 Å². The van der Waals surface area contributed by atoms with Gasteiger partial charge in [0.25, 0.3) is 0 Å². The van der Waals surface area contributed by atoms with Crippen molar-refractivity contribution in [2.24, 2.45) is 5.73 Å². The lowest BCUT2D eigenvalue weighted by Crippen LogP contribution is -2.11. The number of halogens is 1. The second-order valence-corrected chi connectivity index (χ2v) is 3.72. The molecule has 5 heteroatoms. The lowest BCUT2D eigenvalue weighted by atomic mass is 10.1. The summed E-state index contributed by atoms with van der Waals surface area (Å²) in [4.78, 5) is 3.90. The van der Waals surface area contributed by atoms with Crippen molar-refractivity contribution in [3.63, 3.8) is 0 Å². The van der Waals surface area contributed by atoms with Gasteiger partial charge in [-0.05, 0) is 30.7 Å². The molecular weight excluding hydrogens is 219 g/mol. The lowest BCUT2D eigenvalue weighted by Gasteiger charge is -2.13. The zero-order valence-electron chi connectivity index (χ0n) is 9.26. The van der Waals surface area contributed by atoms with E-state index in [4.69, 9.17) is 11.0 Å². The van der Waals surface area contributed by atoms with Gasteiger partial charge in [0.1, 0.15) is 11.9 Å². The third-order valence-electron chi connectivity index (χ3n) is 2.48. The highest BCUT2D eigenvalue weighted by Gasteiger charge is 2.12. The smallest absolute Gasteiger partial charge is 0.217 e. The van der Waals surface area contributed by atoms with Crippen LogP contribution >= 0.6 is 0 Å². The number of nitrogens with zero attached hydrogens (tertiary/aromatic N) is 3. The second kappa shape index (κ2) is 4.36. The Hall–Kier alpha value is -2.19. The number of aromatic nitrogens is 2. The molecule has 0 aliphatic carbocycles. The largest absolute Gasteiger partial charge is 0.324 e. The Balaban J connectivity index is 2.64. The maximum atomic E-state index is 13.2. The summed E-state index contributed by atoms with van der Waals surface area (Å²) in [6, 6.07) is 5.95. The number of hydrogen-bond acceptors (Lipinski definition) is 3. The predicted molar refractivity (Wildman–Crippen MR) is 60.8 cm³/mol. The molecule has 0 spiro atoms. The van der Waals surface area contributed by atoms with Crippen molar-refractivity contribution in [3.05, 3.63) is 47.8 Å². The first kappa shape index (κ1) is 11.3. The average molecular weight is 230 g/mol. The van der Waals surface area contributed by atoms with E-state index in [1.165, 1.54) is 18.3 Å². The van der Waals surface area contributed by atoms with Gasteiger partial charge in [-0.15, -0.1) is 0 Å². The van der Waals surface area contributed by atoms with Crippen molar-refractivity contribution in [1.82, 2.24) is 9.55 Å². The summed E-state index contributed by atoms with van der Waals surface area (Å²) in [7, 11) is 0. The average Bonchev–Trinajstić information content (AvgIpc) is 2.76. The van der Waals surface area contributed by atoms with Crippen molar-refractivity contribution >= 4 is 0 Å². The summed E-state index contributed by atoms with van der Waals surface area (Å²) in [5.41, 5.74) is 7.11. The Morgan fingerprint density at radius 3 is 2.94 bits per heavy atom. The van der Waals surface area contributed by atoms with Gasteiger partial charge in [-0.3, -0.25) is 4.57 Å². The zero-order valence-corrected chi connectivity index (χ0v) is 9.26. The van der Waals surface area contributed by atoms with Gasteiger partial charge in [0.05, 0.1) is 5.69 Å². The molecule has 0 unspecified atom stereocenters. The number of rotatable bonds is 2. The van der Waals surface area contributed by atoms with Crippen LogP contribution in [0.25, 0.3) is 5.69 Å². The fourth-order valence-corrected chi connectivity index (χ4v) is 1.69. The van der Waals surface area contributed by atoms with E-state index < -0.39 is 0 Å². The molecule has 0 fully saturated rings. The third kappa shape index (κ3) is 2.03. The number of benzene rings is 1. The quantitative estimate of drug-likeness (QED) is 0.856. The first-order valence-electron chi connectivity index (χ1n) is 5.12. The van der Waals surface area contributed by atoms with E-state index in [9.17, 15) is 4.39 Å². The number of hydrogen-bond donors (Lipinski definition) is 1. The number of imidazole rings is 1. The topological polar surface area (TPSA) is 67.6 Å². The molecule has 2 aromatic rings. The van der Waals surface area contributed by atoms with Crippen LogP contribution in [0.5, 0.6) is 0 Å². The molecule has 2 N–H and O–H groups in total. The predicted octanol–water partition coefficient (Wildman–Crippen LogP) is 1.90. The monoisotopic (exact) mass is 230 g/mol. The molecule has 0 aliphatic rings. The third-order valence-corrected chi connectivity index (χ3v) is 2.48. The zero-order chi connectivity index (χ0) is 12.4. The van der Waals surface area contributed by atoms with Crippen LogP contribution < -0.4 is 5.73 Å². The Morgan fingerprint density at radius 1 is 1.53 bits per heavy atom. The number of nitrogens with two attached hydrogens (primary N) is 1. The van der Waals surface area contributed by atoms with Crippen LogP contribution in [-0.2, 0) is 0 Å². The molecule has 0 bridgehead atoms. The molecule has 86 valence electrons. The second-order valence-electron chi connectivity index (χ2n) is 3.72. The molecule has 0 saturated heterocycles. The fourth-order valence-electron chi connectivity index (χ4n) is 1.69. The SMILES string of the molecule is C[C@@H](N)c1cc(F)ccc1-n1ccnc1C#N. The molecule has 1 aromatic carbocycles. The van der Waals surface area contributed by atoms with Crippen LogP contribution in [0, 0.1) is 17.1 Å². The van der Waals surface area contributed by atoms with E-state index in [0.717, 1.165) is 0 Å². The van der Waals surface area contributed by atoms with Gasteiger partial charge in [-0.1, -0.05) is 0 Å². The Labute approximate surface area is 98.1 Å². The van der Waals surface area contributed by atoms with Gasteiger partial charge in [0, 0.05) is 18.4 Å². The van der Waals surface area contributed by atoms with Crippen molar-refractivity contribution < 1.29 is 4.39 Å². The molecule has 0 saturated carbocycles. The summed E-state index contributed by atoms with van der Waals surface area (Å²) >= 11 is 0. The van der Waals surface area contributed by atoms with Crippen molar-refractivity contribution in [2.75, 3.05) is 0 Å². The Bertz CT molecular complexity index is 580. The molecule has 1 atom stereocenters. The van der Waals surface area contributed by atoms with E-state index in [2.05, 4.69) is 4.98 Å². The van der Waals surface area contributed by atoms with E-state index in [0.29, 0.717) is 11.3 Å². The van der Waals surface area contributed by atoms with Crippen LogP contribution in [0.1, 0.15) is 24.4 Å². The molecule has 0 radical (unpaired) electrons. The molecule has 1 heterocycles. The van der Waals surface area contributed by atoms with Crippen LogP contribution in [0.15, 0.2) is 30.6 Å². The fraction of sp³-hybridized carbons (Fsp3) is 0.167. The van der Waals surface area contributed by atoms with Crippen LogP contribution in [0.3, 0.4) is 0 Å². The van der Waals surface area contributed by atoms with Crippen molar-refractivity contribution in [2.45, 2.75) is 13.0 Å². The molecule has 4 nitrogen and oxygen atoms in total. The van der Waals surface area contributed by atoms with Crippen LogP contribution in [0.2, 0.25) is 0 Å². The molecular formula is C12H11FN4. The minimum Gasteiger partial charge on any atom is -0.324 e. The normalized spacial score (nSPS) is 12.1. The summed E-state index contributed by atoms with van der Waals surface area (Å²) in [6.45, 7) is 1.77. The molecule has 17 heavy (non-hydrogen) atoms. The first-order valence-corrected chi connectivity index (χ1v) is 5.12. The minimum atomic E-state index is -0.348. The molecule has 0 amide bonds. The van der Waals surface area contributed by atoms with E-state index >= 15 is 0 Å². The van der Waals surface area contributed by atoms with Gasteiger partial charge >= 0.3 is 0 Å². The standard InChI is InChI=1S/C12H11FN4/c1-8(15)10-6-9(13)2-3-11(10)17-5-4-16-12(17)7-14/h2-6,8H,15H2,1H3/t8-/m1/s1. The van der Waals surface area contributed by atoms with Gasteiger partial charge in [0.2, 0.25) is 5.82 Å². The molecule has 2 rings (SSSR count). The van der Waals surface area contributed by atoms with E-state index in [1.807, 2.05) is 6.07 Å². The van der Waals surface area contributed by atoms with Crippen molar-refractivity contribution in [3.8, 4) is 11.8 Å².